The van der Waals surface area contributed by atoms with Crippen LogP contribution >= 0.6 is 0 Å². The Morgan fingerprint density at radius 3 is 1.18 bits per heavy atom. The Morgan fingerprint density at radius 1 is 0.534 bits per heavy atom. The molecule has 396 valence electrons. The molecule has 0 atom stereocenters. The minimum absolute atomic E-state index is 0.0441. The number of hydrogen-bond donors (Lipinski definition) is 10. The van der Waals surface area contributed by atoms with Crippen LogP contribution in [0.1, 0.15) is 51.7 Å². The predicted octanol–water partition coefficient (Wildman–Crippen LogP) is 2.94. The van der Waals surface area contributed by atoms with Crippen molar-refractivity contribution >= 4 is 68.3 Å². The van der Waals surface area contributed by atoms with Crippen LogP contribution in [0.4, 0.5) is 0 Å². The van der Waals surface area contributed by atoms with E-state index in [-0.39, 0.29) is 35.6 Å². The largest absolute Gasteiger partial charge is 0.496 e. The molecule has 0 aliphatic carbocycles. The van der Waals surface area contributed by atoms with E-state index in [9.17, 15) is 14.4 Å². The number of benzene rings is 3. The first-order valence-electron chi connectivity index (χ1n) is 23.2. The van der Waals surface area contributed by atoms with Crippen molar-refractivity contribution < 1.29 is 42.8 Å². The molecule has 0 bridgehead atoms. The standard InChI is InChI=1S/C19H29N5O3.C16H23N5O3.C14H19N5O3/c1-5-24(6-2)8-7-9-27-13-10-15-14(17(11-13)26-4)12-16(22-15)18(25)23-19(20)21-3;1-18-16(17)20-15(22)13-9-11-12(19-13)7-10(8-14(11)23-4)24-6-5-21(2)3;1-17-14(16)19-13(20)11-7-9-10(18-11)5-8(22-4-3-15)6-12(9)21-2/h10-12,22H,5-9H2,1-4H3,(H3,20,21,23,25);7-9,19H,5-6H2,1-4H3,(H3,17,18,20,22);5-7,18H,3-4,15H2,1-2H3,(H3,16,17,19,20). The molecule has 6 aromatic rings. The Morgan fingerprint density at radius 2 is 0.877 bits per heavy atom. The van der Waals surface area contributed by atoms with Gasteiger partial charge in [-0.2, -0.15) is 0 Å². The fraction of sp³-hybridized carbons (Fsp3) is 0.388. The summed E-state index contributed by atoms with van der Waals surface area (Å²) in [6.45, 7) is 10.2. The highest BCUT2D eigenvalue weighted by Gasteiger charge is 2.18. The molecule has 0 fully saturated rings. The smallest absolute Gasteiger partial charge is 0.274 e. The van der Waals surface area contributed by atoms with Gasteiger partial charge in [-0.15, -0.1) is 0 Å². The number of carbonyl (C=O) groups excluding carboxylic acids is 3. The Kier molecular flexibility index (Phi) is 22.5. The van der Waals surface area contributed by atoms with Gasteiger partial charge >= 0.3 is 0 Å². The maximum Gasteiger partial charge on any atom is 0.274 e. The summed E-state index contributed by atoms with van der Waals surface area (Å²) < 4.78 is 33.3. The van der Waals surface area contributed by atoms with Gasteiger partial charge in [0.2, 0.25) is 0 Å². The van der Waals surface area contributed by atoms with Gasteiger partial charge in [-0.25, -0.2) is 0 Å². The number of nitrogens with zero attached hydrogens (tertiary/aromatic N) is 5. The van der Waals surface area contributed by atoms with E-state index in [1.54, 1.807) is 57.7 Å². The first-order valence-corrected chi connectivity index (χ1v) is 23.2. The van der Waals surface area contributed by atoms with Gasteiger partial charge in [0.1, 0.15) is 64.8 Å². The van der Waals surface area contributed by atoms with Crippen molar-refractivity contribution in [1.82, 2.24) is 40.7 Å². The molecule has 0 unspecified atom stereocenters. The summed E-state index contributed by atoms with van der Waals surface area (Å²) in [5.74, 6) is 2.87. The van der Waals surface area contributed by atoms with E-state index in [0.29, 0.717) is 83.5 Å². The lowest BCUT2D eigenvalue weighted by molar-refractivity contribution is 0.0964. The molecule has 3 amide bonds. The number of rotatable bonds is 20. The fourth-order valence-corrected chi connectivity index (χ4v) is 6.92. The number of guanidine groups is 3. The average molecular weight is 1010 g/mol. The van der Waals surface area contributed by atoms with Crippen molar-refractivity contribution in [2.24, 2.45) is 37.9 Å². The number of aromatic nitrogens is 3. The van der Waals surface area contributed by atoms with Crippen LogP contribution in [-0.4, -0.2) is 169 Å². The lowest BCUT2D eigenvalue weighted by Gasteiger charge is -2.17. The van der Waals surface area contributed by atoms with E-state index in [2.05, 4.69) is 64.6 Å². The van der Waals surface area contributed by atoms with Crippen molar-refractivity contribution in [3.05, 3.63) is 71.7 Å². The maximum atomic E-state index is 12.2. The third-order valence-corrected chi connectivity index (χ3v) is 10.8. The van der Waals surface area contributed by atoms with Gasteiger partial charge < -0.3 is 76.1 Å². The Labute approximate surface area is 424 Å². The summed E-state index contributed by atoms with van der Waals surface area (Å²) in [6.07, 6.45) is 0.941. The zero-order valence-electron chi connectivity index (χ0n) is 43.3. The van der Waals surface area contributed by atoms with Gasteiger partial charge in [-0.05, 0) is 51.8 Å². The summed E-state index contributed by atoms with van der Waals surface area (Å²) in [4.78, 5) is 61.0. The van der Waals surface area contributed by atoms with Crippen molar-refractivity contribution in [3.8, 4) is 34.5 Å². The van der Waals surface area contributed by atoms with Gasteiger partial charge in [0.15, 0.2) is 17.9 Å². The van der Waals surface area contributed by atoms with Gasteiger partial charge in [0.05, 0.1) is 44.5 Å². The SMILES string of the molecule is CCN(CC)CCCOc1cc(OC)c2cc(C(=O)NC(N)=NC)[nH]c2c1.CN=C(N)NC(=O)c1cc2c(OC)cc(OCCN(C)C)cc2[nH]1.CN=C(N)NC(=O)c1cc2c(OC)cc(OCCN)cc2[nH]1. The molecular formula is C49H71N15O9. The van der Waals surface area contributed by atoms with E-state index in [1.165, 1.54) is 21.1 Å². The maximum absolute atomic E-state index is 12.2. The second-order valence-corrected chi connectivity index (χ2v) is 16.0. The summed E-state index contributed by atoms with van der Waals surface area (Å²) >= 11 is 0. The number of amides is 3. The minimum Gasteiger partial charge on any atom is -0.496 e. The minimum atomic E-state index is -0.384. The molecule has 0 aliphatic rings. The number of likely N-dealkylation sites (N-methyl/N-ethyl adjacent to an activating group) is 1. The summed E-state index contributed by atoms with van der Waals surface area (Å²) in [6, 6.07) is 16.0. The molecule has 0 spiro atoms. The van der Waals surface area contributed by atoms with E-state index in [1.807, 2.05) is 37.2 Å². The number of fused-ring (bicyclic) bond motifs is 3. The molecule has 3 aromatic heterocycles. The molecule has 24 nitrogen and oxygen atoms in total. The van der Waals surface area contributed by atoms with E-state index >= 15 is 0 Å². The van der Waals surface area contributed by atoms with Gasteiger partial charge in [0.25, 0.3) is 17.7 Å². The number of nitrogens with two attached hydrogens (primary N) is 4. The third-order valence-electron chi connectivity index (χ3n) is 10.8. The van der Waals surface area contributed by atoms with Crippen LogP contribution in [-0.2, 0) is 0 Å². The number of carbonyl (C=O) groups is 3. The first-order chi connectivity index (χ1) is 35.0. The molecule has 0 aliphatic heterocycles. The highest BCUT2D eigenvalue weighted by Crippen LogP contribution is 2.34. The molecule has 73 heavy (non-hydrogen) atoms. The van der Waals surface area contributed by atoms with Crippen molar-refractivity contribution in [3.63, 3.8) is 0 Å². The third kappa shape index (κ3) is 16.7. The van der Waals surface area contributed by atoms with Gasteiger partial charge in [-0.1, -0.05) is 13.8 Å². The highest BCUT2D eigenvalue weighted by atomic mass is 16.5. The van der Waals surface area contributed by atoms with Crippen molar-refractivity contribution in [2.75, 3.05) is 109 Å². The Bertz CT molecular complexity index is 2860. The van der Waals surface area contributed by atoms with Crippen LogP contribution in [0.25, 0.3) is 32.7 Å². The quantitative estimate of drug-likeness (QED) is 0.0299. The number of hydrogen-bond acceptors (Lipinski definition) is 15. The Hall–Kier alpha value is -8.22. The number of H-pyrrole nitrogens is 3. The average Bonchev–Trinajstić information content (AvgIpc) is 4.15. The summed E-state index contributed by atoms with van der Waals surface area (Å²) in [7, 11) is 13.2. The van der Waals surface area contributed by atoms with Gasteiger partial charge in [-0.3, -0.25) is 45.3 Å². The topological polar surface area (TPSA) is 338 Å². The van der Waals surface area contributed by atoms with Crippen LogP contribution in [0.5, 0.6) is 34.5 Å². The van der Waals surface area contributed by atoms with Crippen LogP contribution in [0.3, 0.4) is 0 Å². The molecule has 0 radical (unpaired) electrons. The van der Waals surface area contributed by atoms with Crippen molar-refractivity contribution in [1.29, 1.82) is 0 Å². The zero-order chi connectivity index (χ0) is 53.6. The van der Waals surface area contributed by atoms with Crippen molar-refractivity contribution in [2.45, 2.75) is 20.3 Å². The Balaban J connectivity index is 0.000000239. The van der Waals surface area contributed by atoms with E-state index < -0.39 is 0 Å². The molecule has 0 saturated carbocycles. The molecule has 0 saturated heterocycles. The van der Waals surface area contributed by atoms with E-state index in [0.717, 1.165) is 59.8 Å². The molecule has 3 aromatic carbocycles. The molecular weight excluding hydrogens is 943 g/mol. The van der Waals surface area contributed by atoms with Crippen LogP contribution in [0, 0.1) is 0 Å². The van der Waals surface area contributed by atoms with E-state index in [4.69, 9.17) is 51.4 Å². The number of aliphatic imine (C=N–C) groups is 3. The molecule has 6 rings (SSSR count). The highest BCUT2D eigenvalue weighted by molar-refractivity contribution is 6.09. The predicted molar refractivity (Wildman–Crippen MR) is 286 cm³/mol. The fourth-order valence-electron chi connectivity index (χ4n) is 6.92. The van der Waals surface area contributed by atoms with Crippen LogP contribution < -0.4 is 67.3 Å². The monoisotopic (exact) mass is 1010 g/mol. The second-order valence-electron chi connectivity index (χ2n) is 16.0. The van der Waals surface area contributed by atoms with Gasteiger partial charge in [0, 0.05) is 93.3 Å². The number of nitrogens with one attached hydrogen (secondary N) is 6. The molecule has 14 N–H and O–H groups in total. The number of methoxy groups -OCH3 is 3. The zero-order valence-corrected chi connectivity index (χ0v) is 43.3. The summed E-state index contributed by atoms with van der Waals surface area (Å²) in [5.41, 5.74) is 25.3. The number of ether oxygens (including phenoxy) is 6. The molecule has 3 heterocycles. The second kappa shape index (κ2) is 28.6. The number of aromatic amines is 3. The molecule has 24 heteroatoms. The first kappa shape index (κ1) is 57.4. The lowest BCUT2D eigenvalue weighted by Crippen LogP contribution is -2.36. The lowest BCUT2D eigenvalue weighted by atomic mass is 10.2. The van der Waals surface area contributed by atoms with Crippen LogP contribution in [0.2, 0.25) is 0 Å². The van der Waals surface area contributed by atoms with Crippen LogP contribution in [0.15, 0.2) is 69.6 Å². The normalized spacial score (nSPS) is 11.7. The summed E-state index contributed by atoms with van der Waals surface area (Å²) in [5, 5.41) is 9.80.